The molecule has 0 unspecified atom stereocenters. The molecule has 3 rings (SSSR count). The first-order valence-corrected chi connectivity index (χ1v) is 6.78. The molecule has 0 fully saturated rings. The van der Waals surface area contributed by atoms with Crippen molar-refractivity contribution >= 4 is 17.0 Å². The number of carboxylic acids is 1. The van der Waals surface area contributed by atoms with Gasteiger partial charge in [0.25, 0.3) is 0 Å². The van der Waals surface area contributed by atoms with E-state index in [1.54, 1.807) is 24.3 Å². The summed E-state index contributed by atoms with van der Waals surface area (Å²) in [6.45, 7) is -0.440. The molecule has 0 spiro atoms. The molecule has 0 atom stereocenters. The number of fused-ring (bicyclic) bond motifs is 1. The molecule has 5 nitrogen and oxygen atoms in total. The van der Waals surface area contributed by atoms with E-state index in [-0.39, 0.29) is 23.5 Å². The van der Waals surface area contributed by atoms with Crippen LogP contribution in [0.1, 0.15) is 5.82 Å². The highest BCUT2D eigenvalue weighted by Crippen LogP contribution is 2.21. The number of aliphatic carboxylic acids is 1. The lowest BCUT2D eigenvalue weighted by molar-refractivity contribution is -0.137. The number of ether oxygens (including phenoxy) is 1. The van der Waals surface area contributed by atoms with E-state index in [0.29, 0.717) is 5.75 Å². The Balaban J connectivity index is 1.99. The highest BCUT2D eigenvalue weighted by Gasteiger charge is 2.16. The predicted octanol–water partition coefficient (Wildman–Crippen LogP) is 2.98. The van der Waals surface area contributed by atoms with Crippen LogP contribution in [0.25, 0.3) is 11.0 Å². The normalized spacial score (nSPS) is 10.9. The molecule has 0 aliphatic heterocycles. The second-order valence-corrected chi connectivity index (χ2v) is 4.86. The number of hydrogen-bond donors (Lipinski definition) is 1. The number of aromatic nitrogens is 2. The van der Waals surface area contributed by atoms with Crippen molar-refractivity contribution < 1.29 is 23.4 Å². The van der Waals surface area contributed by atoms with E-state index in [2.05, 4.69) is 4.98 Å². The van der Waals surface area contributed by atoms with E-state index in [0.717, 1.165) is 12.1 Å². The smallest absolute Gasteiger partial charge is 0.323 e. The summed E-state index contributed by atoms with van der Waals surface area (Å²) in [5, 5.41) is 9.02. The van der Waals surface area contributed by atoms with Crippen molar-refractivity contribution in [2.45, 2.75) is 13.2 Å². The first kappa shape index (κ1) is 15.0. The highest BCUT2D eigenvalue weighted by atomic mass is 19.2. The van der Waals surface area contributed by atoms with Gasteiger partial charge < -0.3 is 14.4 Å². The van der Waals surface area contributed by atoms with Gasteiger partial charge in [-0.3, -0.25) is 4.79 Å². The third-order valence-electron chi connectivity index (χ3n) is 3.27. The number of hydrogen-bond acceptors (Lipinski definition) is 3. The van der Waals surface area contributed by atoms with Crippen LogP contribution >= 0.6 is 0 Å². The minimum Gasteiger partial charge on any atom is -0.486 e. The summed E-state index contributed by atoms with van der Waals surface area (Å²) in [6, 6.07) is 10.8. The van der Waals surface area contributed by atoms with Gasteiger partial charge in [-0.15, -0.1) is 0 Å². The lowest BCUT2D eigenvalue weighted by Gasteiger charge is -2.08. The molecule has 1 aromatic heterocycles. The molecule has 118 valence electrons. The second kappa shape index (κ2) is 6.04. The van der Waals surface area contributed by atoms with Gasteiger partial charge in [0.1, 0.15) is 24.7 Å². The predicted molar refractivity (Wildman–Crippen MR) is 78.1 cm³/mol. The fourth-order valence-electron chi connectivity index (χ4n) is 2.26. The summed E-state index contributed by atoms with van der Waals surface area (Å²) in [7, 11) is 0. The lowest BCUT2D eigenvalue weighted by atomic mass is 10.3. The lowest BCUT2D eigenvalue weighted by Crippen LogP contribution is -2.13. The number of halogens is 2. The summed E-state index contributed by atoms with van der Waals surface area (Å²) in [6.07, 6.45) is 0. The van der Waals surface area contributed by atoms with Gasteiger partial charge in [0.15, 0.2) is 11.6 Å². The van der Waals surface area contributed by atoms with E-state index in [4.69, 9.17) is 9.84 Å². The Kier molecular flexibility index (Phi) is 3.92. The molecular formula is C16H12F2N2O3. The Labute approximate surface area is 129 Å². The monoisotopic (exact) mass is 318 g/mol. The van der Waals surface area contributed by atoms with Gasteiger partial charge in [-0.2, -0.15) is 0 Å². The zero-order valence-corrected chi connectivity index (χ0v) is 11.9. The zero-order chi connectivity index (χ0) is 16.4. The Hall–Kier alpha value is -2.96. The van der Waals surface area contributed by atoms with Crippen molar-refractivity contribution in [2.75, 3.05) is 0 Å². The molecule has 0 saturated heterocycles. The molecule has 0 saturated carbocycles. The molecule has 7 heteroatoms. The number of rotatable bonds is 5. The molecule has 0 bridgehead atoms. The number of para-hydroxylation sites is 1. The molecule has 0 aliphatic carbocycles. The summed E-state index contributed by atoms with van der Waals surface area (Å²) < 4.78 is 33.6. The van der Waals surface area contributed by atoms with E-state index in [1.165, 1.54) is 4.57 Å². The van der Waals surface area contributed by atoms with Crippen molar-refractivity contribution in [3.8, 4) is 5.75 Å². The van der Waals surface area contributed by atoms with E-state index in [9.17, 15) is 13.6 Å². The van der Waals surface area contributed by atoms with Crippen LogP contribution in [0.5, 0.6) is 5.75 Å². The van der Waals surface area contributed by atoms with Gasteiger partial charge in [0.2, 0.25) is 0 Å². The summed E-state index contributed by atoms with van der Waals surface area (Å²) >= 11 is 0. The fourth-order valence-corrected chi connectivity index (χ4v) is 2.26. The standard InChI is InChI=1S/C16H12F2N2O3/c17-11-6-13-14(7-12(11)18)20(8-16(21)22)15(19-13)9-23-10-4-2-1-3-5-10/h1-7H,8-9H2,(H,21,22). The van der Waals surface area contributed by atoms with Crippen molar-refractivity contribution in [1.29, 1.82) is 0 Å². The maximum Gasteiger partial charge on any atom is 0.323 e. The quantitative estimate of drug-likeness (QED) is 0.785. The van der Waals surface area contributed by atoms with Crippen molar-refractivity contribution in [3.63, 3.8) is 0 Å². The summed E-state index contributed by atoms with van der Waals surface area (Å²) in [5.41, 5.74) is 0.384. The minimum atomic E-state index is -1.12. The van der Waals surface area contributed by atoms with Crippen molar-refractivity contribution in [2.24, 2.45) is 0 Å². The maximum atomic E-state index is 13.4. The Morgan fingerprint density at radius 3 is 2.57 bits per heavy atom. The van der Waals surface area contributed by atoms with Crippen LogP contribution in [0.4, 0.5) is 8.78 Å². The van der Waals surface area contributed by atoms with Gasteiger partial charge in [0, 0.05) is 12.1 Å². The topological polar surface area (TPSA) is 64.3 Å². The molecule has 2 aromatic carbocycles. The van der Waals surface area contributed by atoms with Gasteiger partial charge >= 0.3 is 5.97 Å². The van der Waals surface area contributed by atoms with Crippen LogP contribution < -0.4 is 4.74 Å². The first-order valence-electron chi connectivity index (χ1n) is 6.78. The second-order valence-electron chi connectivity index (χ2n) is 4.86. The van der Waals surface area contributed by atoms with Crippen LogP contribution in [-0.4, -0.2) is 20.6 Å². The maximum absolute atomic E-state index is 13.4. The Bertz CT molecular complexity index is 863. The average molecular weight is 318 g/mol. The molecule has 1 heterocycles. The number of carboxylic acid groups (broad SMARTS) is 1. The third kappa shape index (κ3) is 3.13. The number of benzene rings is 2. The minimum absolute atomic E-state index is 0.0186. The largest absolute Gasteiger partial charge is 0.486 e. The van der Waals surface area contributed by atoms with E-state index in [1.807, 2.05) is 6.07 Å². The molecule has 1 N–H and O–H groups in total. The first-order chi connectivity index (χ1) is 11.0. The summed E-state index contributed by atoms with van der Waals surface area (Å²) in [4.78, 5) is 15.2. The number of carbonyl (C=O) groups is 1. The van der Waals surface area contributed by atoms with Crippen LogP contribution in [0.3, 0.4) is 0 Å². The van der Waals surface area contributed by atoms with Crippen LogP contribution in [0.15, 0.2) is 42.5 Å². The molecule has 23 heavy (non-hydrogen) atoms. The van der Waals surface area contributed by atoms with Crippen molar-refractivity contribution in [3.05, 3.63) is 59.9 Å². The fraction of sp³-hybridized carbons (Fsp3) is 0.125. The van der Waals surface area contributed by atoms with E-state index < -0.39 is 24.1 Å². The molecule has 0 aliphatic rings. The summed E-state index contributed by atoms with van der Waals surface area (Å²) in [5.74, 6) is -2.35. The average Bonchev–Trinajstić information content (AvgIpc) is 2.83. The van der Waals surface area contributed by atoms with Crippen LogP contribution in [0, 0.1) is 11.6 Å². The van der Waals surface area contributed by atoms with Gasteiger partial charge in [0.05, 0.1) is 11.0 Å². The van der Waals surface area contributed by atoms with Crippen LogP contribution in [0.2, 0.25) is 0 Å². The zero-order valence-electron chi connectivity index (χ0n) is 11.9. The van der Waals surface area contributed by atoms with Gasteiger partial charge in [-0.05, 0) is 12.1 Å². The molecular weight excluding hydrogens is 306 g/mol. The molecule has 3 aromatic rings. The van der Waals surface area contributed by atoms with Gasteiger partial charge in [-0.25, -0.2) is 13.8 Å². The Morgan fingerprint density at radius 2 is 1.87 bits per heavy atom. The molecule has 0 radical (unpaired) electrons. The third-order valence-corrected chi connectivity index (χ3v) is 3.27. The number of nitrogens with zero attached hydrogens (tertiary/aromatic N) is 2. The Morgan fingerprint density at radius 1 is 1.17 bits per heavy atom. The molecule has 0 amide bonds. The van der Waals surface area contributed by atoms with Crippen molar-refractivity contribution in [1.82, 2.24) is 9.55 Å². The van der Waals surface area contributed by atoms with Crippen LogP contribution in [-0.2, 0) is 17.9 Å². The highest BCUT2D eigenvalue weighted by molar-refractivity contribution is 5.78. The van der Waals surface area contributed by atoms with E-state index >= 15 is 0 Å². The SMILES string of the molecule is O=C(O)Cn1c(COc2ccccc2)nc2cc(F)c(F)cc21. The van der Waals surface area contributed by atoms with Gasteiger partial charge in [-0.1, -0.05) is 18.2 Å². The number of imidazole rings is 1.